The van der Waals surface area contributed by atoms with Gasteiger partial charge in [0.25, 0.3) is 5.91 Å². The summed E-state index contributed by atoms with van der Waals surface area (Å²) in [5.41, 5.74) is 2.69. The molecule has 2 aromatic carbocycles. The molecule has 0 aliphatic heterocycles. The Labute approximate surface area is 179 Å². The molecular formula is C22H23N3O4S. The van der Waals surface area contributed by atoms with E-state index in [-0.39, 0.29) is 19.1 Å². The topological polar surface area (TPSA) is 89.6 Å². The van der Waals surface area contributed by atoms with Crippen molar-refractivity contribution in [1.82, 2.24) is 10.3 Å². The van der Waals surface area contributed by atoms with Crippen LogP contribution in [0.3, 0.4) is 0 Å². The van der Waals surface area contributed by atoms with Gasteiger partial charge in [0.05, 0.1) is 35.6 Å². The number of nitrogens with zero attached hydrogens (tertiary/aromatic N) is 1. The molecule has 8 heteroatoms. The molecule has 0 bridgehead atoms. The van der Waals surface area contributed by atoms with Crippen LogP contribution in [0.15, 0.2) is 47.8 Å². The number of carbonyl (C=O) groups excluding carboxylic acids is 2. The van der Waals surface area contributed by atoms with Crippen LogP contribution in [0.4, 0.5) is 5.69 Å². The van der Waals surface area contributed by atoms with Gasteiger partial charge in [-0.25, -0.2) is 4.98 Å². The molecule has 0 spiro atoms. The predicted molar refractivity (Wildman–Crippen MR) is 116 cm³/mol. The third-order valence-corrected chi connectivity index (χ3v) is 5.03. The van der Waals surface area contributed by atoms with Gasteiger partial charge < -0.3 is 20.1 Å². The van der Waals surface area contributed by atoms with Crippen molar-refractivity contribution in [2.75, 3.05) is 19.0 Å². The number of amides is 2. The van der Waals surface area contributed by atoms with E-state index in [0.717, 1.165) is 16.3 Å². The number of carbonyl (C=O) groups is 2. The van der Waals surface area contributed by atoms with E-state index >= 15 is 0 Å². The van der Waals surface area contributed by atoms with Crippen LogP contribution in [0, 0.1) is 13.8 Å². The largest absolute Gasteiger partial charge is 0.495 e. The monoisotopic (exact) mass is 425 g/mol. The van der Waals surface area contributed by atoms with Crippen molar-refractivity contribution in [3.05, 3.63) is 69.7 Å². The van der Waals surface area contributed by atoms with E-state index in [4.69, 9.17) is 9.47 Å². The standard InChI is InChI=1S/C22H23N3O4S/c1-14-8-9-20(28-3)18(10-14)25-21(26)11-23-22(27)17-6-4-5-7-19(17)29-12-16-13-30-15(2)24-16/h4-10,13H,11-12H2,1-3H3,(H,23,27)(H,25,26). The molecule has 0 fully saturated rings. The molecule has 2 amide bonds. The number of nitrogens with one attached hydrogen (secondary N) is 2. The maximum absolute atomic E-state index is 12.6. The number of methoxy groups -OCH3 is 1. The zero-order valence-electron chi connectivity index (χ0n) is 17.0. The summed E-state index contributed by atoms with van der Waals surface area (Å²) >= 11 is 1.54. The third-order valence-electron chi connectivity index (χ3n) is 4.21. The van der Waals surface area contributed by atoms with Crippen LogP contribution in [0.5, 0.6) is 11.5 Å². The molecule has 1 heterocycles. The van der Waals surface area contributed by atoms with E-state index in [1.807, 2.05) is 31.4 Å². The maximum Gasteiger partial charge on any atom is 0.255 e. The van der Waals surface area contributed by atoms with Crippen molar-refractivity contribution in [3.63, 3.8) is 0 Å². The molecular weight excluding hydrogens is 402 g/mol. The zero-order valence-corrected chi connectivity index (χ0v) is 17.8. The number of aryl methyl sites for hydroxylation is 2. The number of rotatable bonds is 8. The minimum absolute atomic E-state index is 0.185. The molecule has 0 aliphatic carbocycles. The fourth-order valence-corrected chi connectivity index (χ4v) is 3.37. The molecule has 7 nitrogen and oxygen atoms in total. The second-order valence-corrected chi connectivity index (χ2v) is 7.64. The molecule has 2 N–H and O–H groups in total. The summed E-state index contributed by atoms with van der Waals surface area (Å²) in [6.45, 7) is 3.92. The summed E-state index contributed by atoms with van der Waals surface area (Å²) in [4.78, 5) is 29.3. The summed E-state index contributed by atoms with van der Waals surface area (Å²) in [5.74, 6) is 0.229. The molecule has 0 saturated carbocycles. The first kappa shape index (κ1) is 21.3. The average Bonchev–Trinajstić information content (AvgIpc) is 3.16. The van der Waals surface area contributed by atoms with E-state index in [1.54, 1.807) is 41.7 Å². The lowest BCUT2D eigenvalue weighted by molar-refractivity contribution is -0.115. The van der Waals surface area contributed by atoms with Gasteiger partial charge in [-0.15, -0.1) is 11.3 Å². The second-order valence-electron chi connectivity index (χ2n) is 6.58. The Bertz CT molecular complexity index is 1050. The summed E-state index contributed by atoms with van der Waals surface area (Å²) in [5, 5.41) is 8.26. The van der Waals surface area contributed by atoms with E-state index in [2.05, 4.69) is 15.6 Å². The Balaban J connectivity index is 1.59. The van der Waals surface area contributed by atoms with Crippen molar-refractivity contribution in [3.8, 4) is 11.5 Å². The van der Waals surface area contributed by atoms with Crippen LogP contribution in [0.25, 0.3) is 0 Å². The number of hydrogen-bond donors (Lipinski definition) is 2. The highest BCUT2D eigenvalue weighted by Crippen LogP contribution is 2.25. The Morgan fingerprint density at radius 3 is 2.63 bits per heavy atom. The molecule has 0 atom stereocenters. The number of anilines is 1. The number of aromatic nitrogens is 1. The fourth-order valence-electron chi connectivity index (χ4n) is 2.78. The quantitative estimate of drug-likeness (QED) is 0.574. The molecule has 156 valence electrons. The highest BCUT2D eigenvalue weighted by atomic mass is 32.1. The van der Waals surface area contributed by atoms with Gasteiger partial charge in [-0.1, -0.05) is 18.2 Å². The minimum Gasteiger partial charge on any atom is -0.495 e. The molecule has 3 rings (SSSR count). The van der Waals surface area contributed by atoms with E-state index in [1.165, 1.54) is 7.11 Å². The van der Waals surface area contributed by atoms with Crippen LogP contribution in [-0.4, -0.2) is 30.5 Å². The van der Waals surface area contributed by atoms with Crippen LogP contribution in [0.1, 0.15) is 26.6 Å². The van der Waals surface area contributed by atoms with Gasteiger partial charge in [-0.2, -0.15) is 0 Å². The predicted octanol–water partition coefficient (Wildman–Crippen LogP) is 3.72. The number of benzene rings is 2. The highest BCUT2D eigenvalue weighted by molar-refractivity contribution is 7.09. The van der Waals surface area contributed by atoms with Crippen molar-refractivity contribution in [2.24, 2.45) is 0 Å². The van der Waals surface area contributed by atoms with Gasteiger partial charge in [-0.3, -0.25) is 9.59 Å². The number of thiazole rings is 1. The van der Waals surface area contributed by atoms with Gasteiger partial charge in [0.1, 0.15) is 18.1 Å². The lowest BCUT2D eigenvalue weighted by Gasteiger charge is -2.13. The number of para-hydroxylation sites is 1. The van der Waals surface area contributed by atoms with Crippen LogP contribution in [-0.2, 0) is 11.4 Å². The van der Waals surface area contributed by atoms with E-state index < -0.39 is 5.91 Å². The van der Waals surface area contributed by atoms with Gasteiger partial charge in [0, 0.05) is 5.38 Å². The summed E-state index contributed by atoms with van der Waals surface area (Å²) in [6.07, 6.45) is 0. The van der Waals surface area contributed by atoms with Gasteiger partial charge >= 0.3 is 0 Å². The summed E-state index contributed by atoms with van der Waals surface area (Å²) in [6, 6.07) is 12.4. The van der Waals surface area contributed by atoms with Gasteiger partial charge in [0.2, 0.25) is 5.91 Å². The Kier molecular flexibility index (Phi) is 7.03. The third kappa shape index (κ3) is 5.57. The molecule has 0 radical (unpaired) electrons. The Hall–Kier alpha value is -3.39. The lowest BCUT2D eigenvalue weighted by atomic mass is 10.2. The molecule has 3 aromatic rings. The lowest BCUT2D eigenvalue weighted by Crippen LogP contribution is -2.33. The molecule has 30 heavy (non-hydrogen) atoms. The zero-order chi connectivity index (χ0) is 21.5. The van der Waals surface area contributed by atoms with Gasteiger partial charge in [-0.05, 0) is 43.7 Å². The molecule has 0 aliphatic rings. The van der Waals surface area contributed by atoms with Crippen molar-refractivity contribution < 1.29 is 19.1 Å². The first-order valence-corrected chi connectivity index (χ1v) is 10.2. The second kappa shape index (κ2) is 9.89. The smallest absolute Gasteiger partial charge is 0.255 e. The molecule has 0 saturated heterocycles. The van der Waals surface area contributed by atoms with Crippen LogP contribution >= 0.6 is 11.3 Å². The molecule has 0 unspecified atom stereocenters. The van der Waals surface area contributed by atoms with Gasteiger partial charge in [0.15, 0.2) is 0 Å². The number of ether oxygens (including phenoxy) is 2. The van der Waals surface area contributed by atoms with Crippen LogP contribution < -0.4 is 20.1 Å². The minimum atomic E-state index is -0.397. The highest BCUT2D eigenvalue weighted by Gasteiger charge is 2.15. The summed E-state index contributed by atoms with van der Waals surface area (Å²) < 4.78 is 11.0. The van der Waals surface area contributed by atoms with E-state index in [9.17, 15) is 9.59 Å². The normalized spacial score (nSPS) is 10.4. The SMILES string of the molecule is COc1ccc(C)cc1NC(=O)CNC(=O)c1ccccc1OCc1csc(C)n1. The van der Waals surface area contributed by atoms with Crippen LogP contribution in [0.2, 0.25) is 0 Å². The first-order chi connectivity index (χ1) is 14.5. The molecule has 1 aromatic heterocycles. The van der Waals surface area contributed by atoms with Crippen molar-refractivity contribution >= 4 is 28.8 Å². The van der Waals surface area contributed by atoms with Crippen molar-refractivity contribution in [2.45, 2.75) is 20.5 Å². The Morgan fingerprint density at radius 1 is 1.10 bits per heavy atom. The number of hydrogen-bond acceptors (Lipinski definition) is 6. The van der Waals surface area contributed by atoms with E-state index in [0.29, 0.717) is 22.7 Å². The van der Waals surface area contributed by atoms with Crippen molar-refractivity contribution in [1.29, 1.82) is 0 Å². The Morgan fingerprint density at radius 2 is 1.90 bits per heavy atom. The summed E-state index contributed by atoms with van der Waals surface area (Å²) in [7, 11) is 1.53. The maximum atomic E-state index is 12.6. The first-order valence-electron chi connectivity index (χ1n) is 9.32. The average molecular weight is 426 g/mol. The fraction of sp³-hybridized carbons (Fsp3) is 0.227.